The van der Waals surface area contributed by atoms with E-state index >= 15 is 0 Å². The Morgan fingerprint density at radius 2 is 1.88 bits per heavy atom. The summed E-state index contributed by atoms with van der Waals surface area (Å²) in [5.41, 5.74) is 1.22. The number of likely N-dealkylation sites (N-methyl/N-ethyl adjacent to an activating group) is 1. The van der Waals surface area contributed by atoms with Gasteiger partial charge in [0.15, 0.2) is 0 Å². The van der Waals surface area contributed by atoms with Crippen molar-refractivity contribution in [3.8, 4) is 0 Å². The minimum absolute atomic E-state index is 0.0390. The first kappa shape index (κ1) is 14.2. The molecule has 0 saturated heterocycles. The SMILES string of the molecule is CNC(C)C(=O)NC(C)Cc1ccc(Br)cc1. The summed E-state index contributed by atoms with van der Waals surface area (Å²) in [5.74, 6) is 0.0390. The fraction of sp³-hybridized carbons (Fsp3) is 0.462. The minimum atomic E-state index is -0.151. The molecule has 1 aromatic carbocycles. The third-order valence-corrected chi connectivity index (χ3v) is 3.20. The van der Waals surface area contributed by atoms with E-state index < -0.39 is 0 Å². The zero-order valence-corrected chi connectivity index (χ0v) is 12.0. The van der Waals surface area contributed by atoms with Crippen LogP contribution in [0.1, 0.15) is 19.4 Å². The predicted octanol–water partition coefficient (Wildman–Crippen LogP) is 2.10. The summed E-state index contributed by atoms with van der Waals surface area (Å²) in [5, 5.41) is 5.90. The van der Waals surface area contributed by atoms with Crippen LogP contribution in [-0.4, -0.2) is 25.0 Å². The molecule has 0 saturated carbocycles. The highest BCUT2D eigenvalue weighted by Gasteiger charge is 2.13. The van der Waals surface area contributed by atoms with E-state index in [1.807, 2.05) is 26.0 Å². The van der Waals surface area contributed by atoms with Gasteiger partial charge in [0, 0.05) is 10.5 Å². The number of amides is 1. The first-order chi connectivity index (χ1) is 8.02. The summed E-state index contributed by atoms with van der Waals surface area (Å²) < 4.78 is 1.07. The Bertz CT molecular complexity index is 364. The molecule has 0 aromatic heterocycles. The molecule has 0 aliphatic heterocycles. The number of hydrogen-bond donors (Lipinski definition) is 2. The Kier molecular flexibility index (Phi) is 5.65. The van der Waals surface area contributed by atoms with Crippen LogP contribution >= 0.6 is 15.9 Å². The second kappa shape index (κ2) is 6.77. The van der Waals surface area contributed by atoms with Crippen LogP contribution < -0.4 is 10.6 Å². The van der Waals surface area contributed by atoms with E-state index in [-0.39, 0.29) is 18.0 Å². The van der Waals surface area contributed by atoms with Crippen LogP contribution in [-0.2, 0) is 11.2 Å². The maximum absolute atomic E-state index is 11.6. The molecule has 0 fully saturated rings. The lowest BCUT2D eigenvalue weighted by molar-refractivity contribution is -0.123. The summed E-state index contributed by atoms with van der Waals surface area (Å²) in [6.45, 7) is 3.87. The summed E-state index contributed by atoms with van der Waals surface area (Å²) in [6, 6.07) is 8.14. The predicted molar refractivity (Wildman–Crippen MR) is 74.0 cm³/mol. The van der Waals surface area contributed by atoms with Gasteiger partial charge in [0.05, 0.1) is 6.04 Å². The Morgan fingerprint density at radius 1 is 1.29 bits per heavy atom. The summed E-state index contributed by atoms with van der Waals surface area (Å²) in [4.78, 5) is 11.6. The number of carbonyl (C=O) groups is 1. The molecular formula is C13H19BrN2O. The Hall–Kier alpha value is -0.870. The first-order valence-electron chi connectivity index (χ1n) is 5.75. The van der Waals surface area contributed by atoms with Crippen LogP contribution in [0, 0.1) is 0 Å². The van der Waals surface area contributed by atoms with Crippen LogP contribution in [0.4, 0.5) is 0 Å². The van der Waals surface area contributed by atoms with Crippen LogP contribution in [0.25, 0.3) is 0 Å². The number of halogens is 1. The Balaban J connectivity index is 2.47. The second-order valence-electron chi connectivity index (χ2n) is 4.25. The van der Waals surface area contributed by atoms with Crippen molar-refractivity contribution in [1.82, 2.24) is 10.6 Å². The van der Waals surface area contributed by atoms with Crippen molar-refractivity contribution in [2.75, 3.05) is 7.05 Å². The van der Waals surface area contributed by atoms with Gasteiger partial charge in [0.25, 0.3) is 0 Å². The number of carbonyl (C=O) groups excluding carboxylic acids is 1. The van der Waals surface area contributed by atoms with Gasteiger partial charge in [0.2, 0.25) is 5.91 Å². The standard InChI is InChI=1S/C13H19BrN2O/c1-9(16-13(17)10(2)15-3)8-11-4-6-12(14)7-5-11/h4-7,9-10,15H,8H2,1-3H3,(H,16,17). The molecule has 2 atom stereocenters. The number of nitrogens with one attached hydrogen (secondary N) is 2. The average molecular weight is 299 g/mol. The molecule has 2 unspecified atom stereocenters. The van der Waals surface area contributed by atoms with Crippen molar-refractivity contribution >= 4 is 21.8 Å². The molecule has 17 heavy (non-hydrogen) atoms. The van der Waals surface area contributed by atoms with Gasteiger partial charge < -0.3 is 10.6 Å². The molecule has 0 bridgehead atoms. The lowest BCUT2D eigenvalue weighted by Gasteiger charge is -2.17. The maximum atomic E-state index is 11.6. The maximum Gasteiger partial charge on any atom is 0.237 e. The number of benzene rings is 1. The lowest BCUT2D eigenvalue weighted by Crippen LogP contribution is -2.44. The van der Waals surface area contributed by atoms with Crippen LogP contribution in [0.15, 0.2) is 28.7 Å². The van der Waals surface area contributed by atoms with Gasteiger partial charge in [-0.25, -0.2) is 0 Å². The molecule has 1 aromatic rings. The van der Waals surface area contributed by atoms with Crippen molar-refractivity contribution in [3.63, 3.8) is 0 Å². The molecule has 3 nitrogen and oxygen atoms in total. The third-order valence-electron chi connectivity index (χ3n) is 2.67. The quantitative estimate of drug-likeness (QED) is 0.874. The highest BCUT2D eigenvalue weighted by atomic mass is 79.9. The van der Waals surface area contributed by atoms with Gasteiger partial charge in [-0.15, -0.1) is 0 Å². The molecule has 0 heterocycles. The molecule has 0 aliphatic rings. The fourth-order valence-corrected chi connectivity index (χ4v) is 1.79. The average Bonchev–Trinajstić information content (AvgIpc) is 2.30. The lowest BCUT2D eigenvalue weighted by atomic mass is 10.1. The zero-order valence-electron chi connectivity index (χ0n) is 10.5. The molecule has 0 aliphatic carbocycles. The van der Waals surface area contributed by atoms with E-state index in [1.165, 1.54) is 5.56 Å². The molecule has 4 heteroatoms. The third kappa shape index (κ3) is 4.88. The summed E-state index contributed by atoms with van der Waals surface area (Å²) in [7, 11) is 1.78. The van der Waals surface area contributed by atoms with Crippen molar-refractivity contribution < 1.29 is 4.79 Å². The smallest absolute Gasteiger partial charge is 0.237 e. The zero-order chi connectivity index (χ0) is 12.8. The van der Waals surface area contributed by atoms with E-state index in [4.69, 9.17) is 0 Å². The van der Waals surface area contributed by atoms with Gasteiger partial charge in [-0.05, 0) is 45.0 Å². The summed E-state index contributed by atoms with van der Waals surface area (Å²) in [6.07, 6.45) is 0.843. The molecule has 2 N–H and O–H groups in total. The molecule has 0 spiro atoms. The second-order valence-corrected chi connectivity index (χ2v) is 5.17. The number of rotatable bonds is 5. The molecule has 1 rings (SSSR count). The van der Waals surface area contributed by atoms with E-state index in [2.05, 4.69) is 38.7 Å². The fourth-order valence-electron chi connectivity index (χ4n) is 1.52. The largest absolute Gasteiger partial charge is 0.352 e. The Morgan fingerprint density at radius 3 is 2.41 bits per heavy atom. The molecule has 0 radical (unpaired) electrons. The van der Waals surface area contributed by atoms with Gasteiger partial charge in [-0.3, -0.25) is 4.79 Å². The normalized spacial score (nSPS) is 14.1. The first-order valence-corrected chi connectivity index (χ1v) is 6.54. The van der Waals surface area contributed by atoms with E-state index in [0.717, 1.165) is 10.9 Å². The van der Waals surface area contributed by atoms with Crippen molar-refractivity contribution in [1.29, 1.82) is 0 Å². The monoisotopic (exact) mass is 298 g/mol. The van der Waals surface area contributed by atoms with Gasteiger partial charge in [0.1, 0.15) is 0 Å². The van der Waals surface area contributed by atoms with Crippen LogP contribution in [0.3, 0.4) is 0 Å². The van der Waals surface area contributed by atoms with Crippen molar-refractivity contribution in [2.45, 2.75) is 32.4 Å². The number of hydrogen-bond acceptors (Lipinski definition) is 2. The van der Waals surface area contributed by atoms with E-state index in [1.54, 1.807) is 7.05 Å². The molecule has 94 valence electrons. The van der Waals surface area contributed by atoms with Gasteiger partial charge >= 0.3 is 0 Å². The molecule has 1 amide bonds. The van der Waals surface area contributed by atoms with E-state index in [9.17, 15) is 4.79 Å². The van der Waals surface area contributed by atoms with Crippen LogP contribution in [0.2, 0.25) is 0 Å². The topological polar surface area (TPSA) is 41.1 Å². The molecular weight excluding hydrogens is 280 g/mol. The van der Waals surface area contributed by atoms with Crippen LogP contribution in [0.5, 0.6) is 0 Å². The van der Waals surface area contributed by atoms with Crippen molar-refractivity contribution in [2.24, 2.45) is 0 Å². The highest BCUT2D eigenvalue weighted by molar-refractivity contribution is 9.10. The van der Waals surface area contributed by atoms with Gasteiger partial charge in [-0.1, -0.05) is 28.1 Å². The minimum Gasteiger partial charge on any atom is -0.352 e. The van der Waals surface area contributed by atoms with Gasteiger partial charge in [-0.2, -0.15) is 0 Å². The Labute approximate surface area is 111 Å². The highest BCUT2D eigenvalue weighted by Crippen LogP contribution is 2.11. The van der Waals surface area contributed by atoms with Crippen molar-refractivity contribution in [3.05, 3.63) is 34.3 Å². The van der Waals surface area contributed by atoms with E-state index in [0.29, 0.717) is 0 Å². The summed E-state index contributed by atoms with van der Waals surface area (Å²) >= 11 is 3.40.